The summed E-state index contributed by atoms with van der Waals surface area (Å²) in [5, 5.41) is 28.3. The van der Waals surface area contributed by atoms with Crippen LogP contribution in [-0.2, 0) is 4.79 Å². The lowest BCUT2D eigenvalue weighted by atomic mass is 10.3. The highest BCUT2D eigenvalue weighted by Crippen LogP contribution is 1.97. The molecule has 0 aromatic carbocycles. The molecule has 16 heavy (non-hydrogen) atoms. The van der Waals surface area contributed by atoms with E-state index in [2.05, 4.69) is 5.32 Å². The second kappa shape index (κ2) is 7.02. The molecule has 0 fully saturated rings. The first-order chi connectivity index (χ1) is 7.40. The van der Waals surface area contributed by atoms with Gasteiger partial charge in [0.2, 0.25) is 0 Å². The van der Waals surface area contributed by atoms with Gasteiger partial charge in [-0.15, -0.1) is 0 Å². The highest BCUT2D eigenvalue weighted by molar-refractivity contribution is 5.77. The Hall–Kier alpha value is -1.34. The summed E-state index contributed by atoms with van der Waals surface area (Å²) in [4.78, 5) is 23.1. The SMILES string of the molecule is CC(C)N(CCO)C(=O)NCC(O)C(=O)O. The quantitative estimate of drug-likeness (QED) is 0.463. The number of aliphatic hydroxyl groups excluding tert-OH is 2. The molecule has 1 atom stereocenters. The highest BCUT2D eigenvalue weighted by atomic mass is 16.4. The molecule has 0 aromatic heterocycles. The van der Waals surface area contributed by atoms with Crippen LogP contribution < -0.4 is 5.32 Å². The Morgan fingerprint density at radius 1 is 1.38 bits per heavy atom. The second-order valence-corrected chi connectivity index (χ2v) is 3.55. The Morgan fingerprint density at radius 3 is 2.31 bits per heavy atom. The zero-order valence-electron chi connectivity index (χ0n) is 9.38. The van der Waals surface area contributed by atoms with E-state index in [1.807, 2.05) is 0 Å². The fraction of sp³-hybridized carbons (Fsp3) is 0.778. The average molecular weight is 234 g/mol. The largest absolute Gasteiger partial charge is 0.479 e. The molecule has 0 aliphatic rings. The fourth-order valence-electron chi connectivity index (χ4n) is 1.07. The number of nitrogens with one attached hydrogen (secondary N) is 1. The summed E-state index contributed by atoms with van der Waals surface area (Å²) >= 11 is 0. The number of amides is 2. The van der Waals surface area contributed by atoms with Crippen molar-refractivity contribution in [3.8, 4) is 0 Å². The van der Waals surface area contributed by atoms with Gasteiger partial charge >= 0.3 is 12.0 Å². The van der Waals surface area contributed by atoms with Crippen LogP contribution in [0.2, 0.25) is 0 Å². The minimum Gasteiger partial charge on any atom is -0.479 e. The van der Waals surface area contributed by atoms with E-state index < -0.39 is 18.1 Å². The predicted molar refractivity (Wildman–Crippen MR) is 56.0 cm³/mol. The third kappa shape index (κ3) is 4.94. The molecule has 0 bridgehead atoms. The van der Waals surface area contributed by atoms with Crippen molar-refractivity contribution in [2.75, 3.05) is 19.7 Å². The van der Waals surface area contributed by atoms with Gasteiger partial charge in [-0.25, -0.2) is 9.59 Å². The Morgan fingerprint density at radius 2 is 1.94 bits per heavy atom. The highest BCUT2D eigenvalue weighted by Gasteiger charge is 2.19. The van der Waals surface area contributed by atoms with E-state index >= 15 is 0 Å². The summed E-state index contributed by atoms with van der Waals surface area (Å²) in [5.41, 5.74) is 0. The fourth-order valence-corrected chi connectivity index (χ4v) is 1.07. The molecular weight excluding hydrogens is 216 g/mol. The molecule has 0 saturated carbocycles. The predicted octanol–water partition coefficient (Wildman–Crippen LogP) is -1.16. The molecule has 0 aromatic rings. The molecule has 0 radical (unpaired) electrons. The van der Waals surface area contributed by atoms with Crippen molar-refractivity contribution < 1.29 is 24.9 Å². The van der Waals surface area contributed by atoms with Crippen LogP contribution in [0.1, 0.15) is 13.8 Å². The van der Waals surface area contributed by atoms with Crippen molar-refractivity contribution in [3.63, 3.8) is 0 Å². The van der Waals surface area contributed by atoms with Gasteiger partial charge in [-0.1, -0.05) is 0 Å². The van der Waals surface area contributed by atoms with Gasteiger partial charge in [-0.2, -0.15) is 0 Å². The maximum Gasteiger partial charge on any atom is 0.334 e. The summed E-state index contributed by atoms with van der Waals surface area (Å²) in [6.07, 6.45) is -1.62. The second-order valence-electron chi connectivity index (χ2n) is 3.55. The summed E-state index contributed by atoms with van der Waals surface area (Å²) < 4.78 is 0. The van der Waals surface area contributed by atoms with Gasteiger partial charge < -0.3 is 25.5 Å². The smallest absolute Gasteiger partial charge is 0.334 e. The first kappa shape index (κ1) is 14.7. The molecule has 1 unspecified atom stereocenters. The van der Waals surface area contributed by atoms with Crippen LogP contribution in [0.15, 0.2) is 0 Å². The lowest BCUT2D eigenvalue weighted by Gasteiger charge is -2.26. The normalized spacial score (nSPS) is 12.3. The van der Waals surface area contributed by atoms with Crippen LogP contribution >= 0.6 is 0 Å². The first-order valence-corrected chi connectivity index (χ1v) is 4.96. The van der Waals surface area contributed by atoms with Gasteiger partial charge in [0.15, 0.2) is 6.10 Å². The minimum atomic E-state index is -1.62. The van der Waals surface area contributed by atoms with Crippen LogP contribution in [0.4, 0.5) is 4.79 Å². The Kier molecular flexibility index (Phi) is 6.43. The van der Waals surface area contributed by atoms with Crippen LogP contribution in [0.5, 0.6) is 0 Å². The third-order valence-electron chi connectivity index (χ3n) is 1.96. The summed E-state index contributed by atoms with van der Waals surface area (Å²) in [7, 11) is 0. The van der Waals surface area contributed by atoms with E-state index in [1.165, 1.54) is 4.90 Å². The Bertz CT molecular complexity index is 244. The van der Waals surface area contributed by atoms with Gasteiger partial charge in [0.1, 0.15) is 0 Å². The molecule has 0 heterocycles. The van der Waals surface area contributed by atoms with Gasteiger partial charge in [-0.3, -0.25) is 0 Å². The van der Waals surface area contributed by atoms with Gasteiger partial charge in [-0.05, 0) is 13.8 Å². The van der Waals surface area contributed by atoms with Crippen LogP contribution in [0.25, 0.3) is 0 Å². The Balaban J connectivity index is 4.16. The molecule has 94 valence electrons. The zero-order valence-corrected chi connectivity index (χ0v) is 9.38. The average Bonchev–Trinajstić information content (AvgIpc) is 2.21. The lowest BCUT2D eigenvalue weighted by Crippen LogP contribution is -2.48. The molecule has 2 amide bonds. The van der Waals surface area contributed by atoms with E-state index in [1.54, 1.807) is 13.8 Å². The van der Waals surface area contributed by atoms with E-state index in [0.717, 1.165) is 0 Å². The lowest BCUT2D eigenvalue weighted by molar-refractivity contribution is -0.146. The Labute approximate surface area is 93.7 Å². The number of hydrogen-bond acceptors (Lipinski definition) is 4. The van der Waals surface area contributed by atoms with Crippen molar-refractivity contribution >= 4 is 12.0 Å². The summed E-state index contributed by atoms with van der Waals surface area (Å²) in [5.74, 6) is -1.39. The number of carboxylic acid groups (broad SMARTS) is 1. The monoisotopic (exact) mass is 234 g/mol. The molecule has 0 aliphatic carbocycles. The third-order valence-corrected chi connectivity index (χ3v) is 1.96. The maximum atomic E-state index is 11.5. The van der Waals surface area contributed by atoms with Crippen molar-refractivity contribution in [2.45, 2.75) is 26.0 Å². The van der Waals surface area contributed by atoms with Crippen molar-refractivity contribution in [2.24, 2.45) is 0 Å². The van der Waals surface area contributed by atoms with Gasteiger partial charge in [0, 0.05) is 12.6 Å². The standard InChI is InChI=1S/C9H18N2O5/c1-6(2)11(3-4-12)9(16)10-5-7(13)8(14)15/h6-7,12-13H,3-5H2,1-2H3,(H,10,16)(H,14,15). The molecule has 4 N–H and O–H groups in total. The molecular formula is C9H18N2O5. The minimum absolute atomic E-state index is 0.117. The molecule has 7 nitrogen and oxygen atoms in total. The van der Waals surface area contributed by atoms with Crippen LogP contribution in [0, 0.1) is 0 Å². The van der Waals surface area contributed by atoms with E-state index in [-0.39, 0.29) is 25.7 Å². The molecule has 0 rings (SSSR count). The van der Waals surface area contributed by atoms with E-state index in [9.17, 15) is 9.59 Å². The molecule has 0 saturated heterocycles. The van der Waals surface area contributed by atoms with E-state index in [4.69, 9.17) is 15.3 Å². The number of rotatable bonds is 6. The summed E-state index contributed by atoms with van der Waals surface area (Å²) in [6.45, 7) is 3.16. The number of aliphatic carboxylic acids is 1. The number of carbonyl (C=O) groups excluding carboxylic acids is 1. The topological polar surface area (TPSA) is 110 Å². The maximum absolute atomic E-state index is 11.5. The van der Waals surface area contributed by atoms with Crippen LogP contribution in [0.3, 0.4) is 0 Å². The first-order valence-electron chi connectivity index (χ1n) is 4.96. The number of urea groups is 1. The van der Waals surface area contributed by atoms with Gasteiger partial charge in [0.25, 0.3) is 0 Å². The zero-order chi connectivity index (χ0) is 12.7. The molecule has 7 heteroatoms. The number of carbonyl (C=O) groups is 2. The van der Waals surface area contributed by atoms with E-state index in [0.29, 0.717) is 0 Å². The number of aliphatic hydroxyl groups is 2. The number of carboxylic acids is 1. The number of hydrogen-bond donors (Lipinski definition) is 4. The van der Waals surface area contributed by atoms with Crippen molar-refractivity contribution in [3.05, 3.63) is 0 Å². The number of nitrogens with zero attached hydrogens (tertiary/aromatic N) is 1. The molecule has 0 spiro atoms. The van der Waals surface area contributed by atoms with Crippen molar-refractivity contribution in [1.82, 2.24) is 10.2 Å². The van der Waals surface area contributed by atoms with Crippen molar-refractivity contribution in [1.29, 1.82) is 0 Å². The summed E-state index contributed by atoms with van der Waals surface area (Å²) in [6, 6.07) is -0.626. The van der Waals surface area contributed by atoms with Gasteiger partial charge in [0.05, 0.1) is 13.2 Å². The molecule has 0 aliphatic heterocycles. The van der Waals surface area contributed by atoms with Crippen LogP contribution in [-0.4, -0.2) is 64.1 Å².